The van der Waals surface area contributed by atoms with Crippen molar-refractivity contribution in [2.75, 3.05) is 6.61 Å². The van der Waals surface area contributed by atoms with Crippen molar-refractivity contribution in [3.05, 3.63) is 70.3 Å². The Morgan fingerprint density at radius 3 is 2.12 bits per heavy atom. The lowest BCUT2D eigenvalue weighted by molar-refractivity contribution is -0.384. The van der Waals surface area contributed by atoms with Gasteiger partial charge in [0.05, 0.1) is 22.0 Å². The largest absolute Gasteiger partial charge is 0.370 e. The Morgan fingerprint density at radius 1 is 1.16 bits per heavy atom. The summed E-state index contributed by atoms with van der Waals surface area (Å²) in [4.78, 5) is 9.97. The van der Waals surface area contributed by atoms with Crippen LogP contribution in [0.5, 0.6) is 0 Å². The summed E-state index contributed by atoms with van der Waals surface area (Å²) in [7, 11) is -4.00. The number of nitrogens with zero attached hydrogens (tertiary/aromatic N) is 1. The van der Waals surface area contributed by atoms with Crippen molar-refractivity contribution < 1.29 is 22.6 Å². The van der Waals surface area contributed by atoms with Crippen LogP contribution in [-0.4, -0.2) is 30.1 Å². The molecule has 1 atom stereocenters. The number of benzene rings is 2. The molecule has 1 heterocycles. The molecule has 1 aliphatic heterocycles. The fourth-order valence-electron chi connectivity index (χ4n) is 2.05. The van der Waals surface area contributed by atoms with Gasteiger partial charge in [0, 0.05) is 12.1 Å². The predicted octanol–water partition coefficient (Wildman–Crippen LogP) is 3.25. The lowest BCUT2D eigenvalue weighted by Crippen LogP contribution is -2.05. The second-order valence-electron chi connectivity index (χ2n) is 5.95. The maximum Gasteiger partial charge on any atom is 0.294 e. The lowest BCUT2D eigenvalue weighted by Gasteiger charge is -2.04. The van der Waals surface area contributed by atoms with E-state index in [2.05, 4.69) is 6.92 Å². The number of epoxide rings is 1. The van der Waals surface area contributed by atoms with E-state index in [0.29, 0.717) is 0 Å². The molecule has 0 aliphatic carbocycles. The normalized spacial score (nSPS) is 18.8. The van der Waals surface area contributed by atoms with Crippen LogP contribution >= 0.6 is 0 Å². The Hall–Kier alpha value is -2.29. The van der Waals surface area contributed by atoms with E-state index in [9.17, 15) is 18.5 Å². The van der Waals surface area contributed by atoms with Gasteiger partial charge < -0.3 is 4.74 Å². The van der Waals surface area contributed by atoms with Crippen LogP contribution in [0.25, 0.3) is 0 Å². The van der Waals surface area contributed by atoms with Gasteiger partial charge in [-0.1, -0.05) is 30.3 Å². The zero-order valence-electron chi connectivity index (χ0n) is 13.7. The van der Waals surface area contributed by atoms with Gasteiger partial charge in [-0.25, -0.2) is 0 Å². The molecule has 25 heavy (non-hydrogen) atoms. The van der Waals surface area contributed by atoms with Crippen LogP contribution < -0.4 is 0 Å². The number of ether oxygens (including phenoxy) is 1. The van der Waals surface area contributed by atoms with E-state index < -0.39 is 10.1 Å². The fraction of sp³-hybridized carbons (Fsp3) is 0.294. The molecule has 1 N–H and O–H groups in total. The van der Waals surface area contributed by atoms with Gasteiger partial charge >= 0.3 is 0 Å². The van der Waals surface area contributed by atoms with Crippen molar-refractivity contribution in [2.24, 2.45) is 0 Å². The predicted molar refractivity (Wildman–Crippen MR) is 92.0 cm³/mol. The molecule has 134 valence electrons. The first-order chi connectivity index (χ1) is 11.7. The van der Waals surface area contributed by atoms with Gasteiger partial charge in [0.25, 0.3) is 15.8 Å². The van der Waals surface area contributed by atoms with Gasteiger partial charge in [0.1, 0.15) is 0 Å². The van der Waals surface area contributed by atoms with Crippen molar-refractivity contribution in [1.82, 2.24) is 0 Å². The quantitative estimate of drug-likeness (QED) is 0.377. The number of nitro benzene ring substituents is 1. The van der Waals surface area contributed by atoms with Crippen LogP contribution in [0.3, 0.4) is 0 Å². The Balaban J connectivity index is 0.000000196. The highest BCUT2D eigenvalue weighted by Crippen LogP contribution is 2.31. The third-order valence-corrected chi connectivity index (χ3v) is 4.64. The summed E-state index contributed by atoms with van der Waals surface area (Å²) in [5, 5.41) is 10.4. The van der Waals surface area contributed by atoms with Gasteiger partial charge in [-0.2, -0.15) is 8.42 Å². The summed E-state index contributed by atoms with van der Waals surface area (Å²) in [6.45, 7) is 2.92. The molecule has 0 aromatic heterocycles. The number of rotatable bonds is 5. The maximum absolute atomic E-state index is 10.4. The van der Waals surface area contributed by atoms with Crippen molar-refractivity contribution in [2.45, 2.75) is 30.3 Å². The number of non-ortho nitro benzene ring substituents is 1. The van der Waals surface area contributed by atoms with Crippen LogP contribution in [0.4, 0.5) is 5.69 Å². The summed E-state index contributed by atoms with van der Waals surface area (Å²) in [5.74, 6) is 0. The first-order valence-electron chi connectivity index (χ1n) is 7.59. The zero-order valence-corrected chi connectivity index (χ0v) is 14.5. The second kappa shape index (κ2) is 7.73. The van der Waals surface area contributed by atoms with Gasteiger partial charge in [0.15, 0.2) is 0 Å². The molecule has 1 saturated heterocycles. The van der Waals surface area contributed by atoms with Crippen LogP contribution in [0.1, 0.15) is 18.9 Å². The number of hydrogen-bond acceptors (Lipinski definition) is 5. The average molecular weight is 365 g/mol. The number of aryl methyl sites for hydroxylation is 1. The van der Waals surface area contributed by atoms with E-state index in [0.717, 1.165) is 25.0 Å². The highest BCUT2D eigenvalue weighted by atomic mass is 32.2. The summed E-state index contributed by atoms with van der Waals surface area (Å²) in [6.07, 6.45) is 1.89. The Labute approximate surface area is 146 Å². The molecule has 2 aromatic carbocycles. The van der Waals surface area contributed by atoms with Gasteiger partial charge in [-0.3, -0.25) is 14.7 Å². The maximum atomic E-state index is 10.4. The van der Waals surface area contributed by atoms with Crippen molar-refractivity contribution in [3.63, 3.8) is 0 Å². The van der Waals surface area contributed by atoms with Crippen LogP contribution in [-0.2, 0) is 21.3 Å². The molecule has 0 unspecified atom stereocenters. The van der Waals surface area contributed by atoms with Crippen LogP contribution in [0.2, 0.25) is 0 Å². The van der Waals surface area contributed by atoms with Gasteiger partial charge in [0.2, 0.25) is 0 Å². The van der Waals surface area contributed by atoms with Crippen molar-refractivity contribution in [1.29, 1.82) is 0 Å². The molecule has 0 spiro atoms. The molecule has 1 fully saturated rings. The molecule has 7 nitrogen and oxygen atoms in total. The lowest BCUT2D eigenvalue weighted by atomic mass is 10.0. The molecule has 8 heteroatoms. The fourth-order valence-corrected chi connectivity index (χ4v) is 2.55. The molecule has 2 aromatic rings. The minimum Gasteiger partial charge on any atom is -0.370 e. The third kappa shape index (κ3) is 6.26. The van der Waals surface area contributed by atoms with E-state index in [4.69, 9.17) is 9.29 Å². The second-order valence-corrected chi connectivity index (χ2v) is 7.37. The average Bonchev–Trinajstić information content (AvgIpc) is 3.32. The molecule has 0 amide bonds. The summed E-state index contributed by atoms with van der Waals surface area (Å²) in [5.41, 5.74) is 1.33. The Kier molecular flexibility index (Phi) is 5.89. The van der Waals surface area contributed by atoms with E-state index in [1.165, 1.54) is 12.1 Å². The molecule has 0 radical (unpaired) electrons. The smallest absolute Gasteiger partial charge is 0.294 e. The van der Waals surface area contributed by atoms with Crippen molar-refractivity contribution in [3.8, 4) is 0 Å². The highest BCUT2D eigenvalue weighted by molar-refractivity contribution is 7.85. The van der Waals surface area contributed by atoms with Crippen molar-refractivity contribution >= 4 is 15.8 Å². The Morgan fingerprint density at radius 2 is 1.72 bits per heavy atom. The monoisotopic (exact) mass is 365 g/mol. The van der Waals surface area contributed by atoms with Gasteiger partial charge in [-0.15, -0.1) is 0 Å². The summed E-state index contributed by atoms with van der Waals surface area (Å²) in [6, 6.07) is 14.1. The molecular weight excluding hydrogens is 346 g/mol. The molecular formula is C17H19NO6S. The third-order valence-electron chi connectivity index (χ3n) is 3.77. The zero-order chi connectivity index (χ0) is 18.5. The van der Waals surface area contributed by atoms with E-state index in [-0.39, 0.29) is 21.1 Å². The first kappa shape index (κ1) is 19.0. The van der Waals surface area contributed by atoms with Gasteiger partial charge in [-0.05, 0) is 37.5 Å². The van der Waals surface area contributed by atoms with E-state index in [1.54, 1.807) is 30.3 Å². The minimum absolute atomic E-state index is 0.0573. The standard InChI is InChI=1S/C11H13NO3.C6H6O3S/c1-11(8-15-11)7-6-9-2-4-10(5-3-9)12(13)14;7-10(8,9)6-4-2-1-3-5-6/h2-5H,6-8H2,1H3;1-5H,(H,7,8,9)/t11-;/m0./s1. The Bertz CT molecular complexity index is 814. The summed E-state index contributed by atoms with van der Waals surface area (Å²) >= 11 is 0. The molecule has 3 rings (SSSR count). The first-order valence-corrected chi connectivity index (χ1v) is 9.03. The number of hydrogen-bond donors (Lipinski definition) is 1. The topological polar surface area (TPSA) is 110 Å². The molecule has 1 aliphatic rings. The van der Waals surface area contributed by atoms with E-state index in [1.807, 2.05) is 12.1 Å². The van der Waals surface area contributed by atoms with E-state index >= 15 is 0 Å². The van der Waals surface area contributed by atoms with Crippen LogP contribution in [0, 0.1) is 10.1 Å². The molecule has 0 bridgehead atoms. The summed E-state index contributed by atoms with van der Waals surface area (Å²) < 4.78 is 34.5. The highest BCUT2D eigenvalue weighted by Gasteiger charge is 2.38. The number of nitro groups is 1. The minimum atomic E-state index is -4.00. The molecule has 0 saturated carbocycles. The van der Waals surface area contributed by atoms with Crippen LogP contribution in [0.15, 0.2) is 59.5 Å². The SMILES string of the molecule is C[C@]1(CCc2ccc([N+](=O)[O-])cc2)CO1.O=S(=O)(O)c1ccccc1.